The van der Waals surface area contributed by atoms with E-state index in [-0.39, 0.29) is 24.3 Å². The van der Waals surface area contributed by atoms with E-state index in [1.165, 1.54) is 11.0 Å². The molecule has 21 heavy (non-hydrogen) atoms. The van der Waals surface area contributed by atoms with Gasteiger partial charge in [0.1, 0.15) is 11.4 Å². The summed E-state index contributed by atoms with van der Waals surface area (Å²) in [6.07, 6.45) is 4.43. The van der Waals surface area contributed by atoms with Gasteiger partial charge in [0.2, 0.25) is 0 Å². The highest BCUT2D eigenvalue weighted by Crippen LogP contribution is 2.39. The molecule has 3 rings (SSSR count). The normalized spacial score (nSPS) is 21.4. The van der Waals surface area contributed by atoms with E-state index in [2.05, 4.69) is 0 Å². The number of carbonyl (C=O) groups excluding carboxylic acids is 2. The smallest absolute Gasteiger partial charge is 0.313 e. The van der Waals surface area contributed by atoms with Crippen LogP contribution >= 0.6 is 0 Å². The third-order valence-electron chi connectivity index (χ3n) is 4.77. The zero-order valence-electron chi connectivity index (χ0n) is 12.1. The van der Waals surface area contributed by atoms with Crippen molar-refractivity contribution in [2.45, 2.75) is 44.2 Å². The minimum absolute atomic E-state index is 0.0103. The maximum atomic E-state index is 13.8. The summed E-state index contributed by atoms with van der Waals surface area (Å²) in [6.45, 7) is 0.0103. The zero-order chi connectivity index (χ0) is 15.0. The van der Waals surface area contributed by atoms with Gasteiger partial charge in [0.05, 0.1) is 6.54 Å². The number of imide groups is 1. The highest BCUT2D eigenvalue weighted by Gasteiger charge is 2.55. The molecule has 2 aliphatic rings. The SMILES string of the molecule is CN1C(=O)N(Cc2ccccc2F)C(=O)C12CCCCC2. The Hall–Kier alpha value is -1.91. The molecule has 0 unspecified atom stereocenters. The highest BCUT2D eigenvalue weighted by atomic mass is 19.1. The first-order valence-corrected chi connectivity index (χ1v) is 7.39. The number of likely N-dealkylation sites (N-methyl/N-ethyl adjacent to an activating group) is 1. The summed E-state index contributed by atoms with van der Waals surface area (Å²) in [6, 6.07) is 5.96. The summed E-state index contributed by atoms with van der Waals surface area (Å²) in [5, 5.41) is 0. The third-order valence-corrected chi connectivity index (χ3v) is 4.77. The van der Waals surface area contributed by atoms with Crippen LogP contribution < -0.4 is 0 Å². The fourth-order valence-electron chi connectivity index (χ4n) is 3.47. The molecule has 2 fully saturated rings. The van der Waals surface area contributed by atoms with Crippen molar-refractivity contribution in [3.05, 3.63) is 35.6 Å². The quantitative estimate of drug-likeness (QED) is 0.786. The van der Waals surface area contributed by atoms with Gasteiger partial charge in [-0.1, -0.05) is 37.5 Å². The van der Waals surface area contributed by atoms with Crippen LogP contribution in [0, 0.1) is 5.82 Å². The van der Waals surface area contributed by atoms with Gasteiger partial charge in [-0.25, -0.2) is 9.18 Å². The van der Waals surface area contributed by atoms with Gasteiger partial charge in [-0.3, -0.25) is 9.69 Å². The zero-order valence-corrected chi connectivity index (χ0v) is 12.1. The maximum absolute atomic E-state index is 13.8. The Morgan fingerprint density at radius 1 is 1.14 bits per heavy atom. The molecule has 1 aliphatic carbocycles. The van der Waals surface area contributed by atoms with E-state index < -0.39 is 5.54 Å². The molecule has 1 saturated heterocycles. The van der Waals surface area contributed by atoms with Crippen molar-refractivity contribution in [1.82, 2.24) is 9.80 Å². The molecule has 1 saturated carbocycles. The van der Waals surface area contributed by atoms with E-state index in [1.54, 1.807) is 30.1 Å². The van der Waals surface area contributed by atoms with E-state index in [0.717, 1.165) is 19.3 Å². The molecule has 1 aromatic carbocycles. The molecule has 3 amide bonds. The first-order chi connectivity index (χ1) is 10.1. The summed E-state index contributed by atoms with van der Waals surface area (Å²) < 4.78 is 13.8. The average Bonchev–Trinajstić information content (AvgIpc) is 2.67. The van der Waals surface area contributed by atoms with Crippen LogP contribution in [-0.4, -0.2) is 34.3 Å². The fraction of sp³-hybridized carbons (Fsp3) is 0.500. The summed E-state index contributed by atoms with van der Waals surface area (Å²) in [5.74, 6) is -0.552. The van der Waals surface area contributed by atoms with Crippen LogP contribution in [0.2, 0.25) is 0 Å². The minimum atomic E-state index is -0.694. The molecule has 0 aromatic heterocycles. The lowest BCUT2D eigenvalue weighted by atomic mass is 9.80. The lowest BCUT2D eigenvalue weighted by Gasteiger charge is -2.35. The van der Waals surface area contributed by atoms with Crippen LogP contribution in [0.15, 0.2) is 24.3 Å². The summed E-state index contributed by atoms with van der Waals surface area (Å²) in [7, 11) is 1.69. The highest BCUT2D eigenvalue weighted by molar-refractivity contribution is 6.06. The van der Waals surface area contributed by atoms with Crippen molar-refractivity contribution in [3.63, 3.8) is 0 Å². The molecule has 5 heteroatoms. The van der Waals surface area contributed by atoms with Crippen molar-refractivity contribution < 1.29 is 14.0 Å². The number of urea groups is 1. The molecule has 4 nitrogen and oxygen atoms in total. The second kappa shape index (κ2) is 5.13. The van der Waals surface area contributed by atoms with E-state index in [0.29, 0.717) is 18.4 Å². The molecular formula is C16H19FN2O2. The van der Waals surface area contributed by atoms with Crippen LogP contribution in [0.4, 0.5) is 9.18 Å². The molecule has 0 atom stereocenters. The predicted octanol–water partition coefficient (Wildman–Crippen LogP) is 2.92. The minimum Gasteiger partial charge on any atom is -0.313 e. The van der Waals surface area contributed by atoms with Gasteiger partial charge in [-0.05, 0) is 18.9 Å². The second-order valence-electron chi connectivity index (χ2n) is 5.92. The van der Waals surface area contributed by atoms with Crippen LogP contribution in [0.25, 0.3) is 0 Å². The van der Waals surface area contributed by atoms with E-state index in [1.807, 2.05) is 0 Å². The number of benzene rings is 1. The van der Waals surface area contributed by atoms with Crippen molar-refractivity contribution in [1.29, 1.82) is 0 Å². The number of nitrogens with zero attached hydrogens (tertiary/aromatic N) is 2. The molecule has 1 aliphatic heterocycles. The third kappa shape index (κ3) is 2.11. The number of carbonyl (C=O) groups is 2. The lowest BCUT2D eigenvalue weighted by Crippen LogP contribution is -2.49. The molecule has 1 heterocycles. The Bertz CT molecular complexity index is 581. The predicted molar refractivity (Wildman–Crippen MR) is 75.9 cm³/mol. The summed E-state index contributed by atoms with van der Waals surface area (Å²) in [4.78, 5) is 27.9. The van der Waals surface area contributed by atoms with Crippen LogP contribution in [0.1, 0.15) is 37.7 Å². The lowest BCUT2D eigenvalue weighted by molar-refractivity contribution is -0.134. The monoisotopic (exact) mass is 290 g/mol. The Morgan fingerprint density at radius 3 is 2.48 bits per heavy atom. The molecule has 0 bridgehead atoms. The van der Waals surface area contributed by atoms with Gasteiger partial charge in [0, 0.05) is 12.6 Å². The molecule has 1 aromatic rings. The van der Waals surface area contributed by atoms with Gasteiger partial charge in [0.25, 0.3) is 5.91 Å². The number of amides is 3. The Morgan fingerprint density at radius 2 is 1.81 bits per heavy atom. The van der Waals surface area contributed by atoms with Crippen molar-refractivity contribution in [3.8, 4) is 0 Å². The molecular weight excluding hydrogens is 271 g/mol. The van der Waals surface area contributed by atoms with Gasteiger partial charge in [0.15, 0.2) is 0 Å². The molecule has 112 valence electrons. The fourth-order valence-corrected chi connectivity index (χ4v) is 3.47. The van der Waals surface area contributed by atoms with Crippen molar-refractivity contribution >= 4 is 11.9 Å². The molecule has 0 radical (unpaired) electrons. The van der Waals surface area contributed by atoms with Crippen LogP contribution in [-0.2, 0) is 11.3 Å². The Labute approximate surface area is 123 Å². The van der Waals surface area contributed by atoms with Gasteiger partial charge < -0.3 is 4.90 Å². The molecule has 1 spiro atoms. The largest absolute Gasteiger partial charge is 0.327 e. The van der Waals surface area contributed by atoms with Crippen LogP contribution in [0.5, 0.6) is 0 Å². The average molecular weight is 290 g/mol. The Kier molecular flexibility index (Phi) is 3.43. The first kappa shape index (κ1) is 14.0. The second-order valence-corrected chi connectivity index (χ2v) is 5.92. The van der Waals surface area contributed by atoms with Crippen LogP contribution in [0.3, 0.4) is 0 Å². The van der Waals surface area contributed by atoms with Gasteiger partial charge in [-0.15, -0.1) is 0 Å². The molecule has 0 N–H and O–H groups in total. The number of rotatable bonds is 2. The number of hydrogen-bond donors (Lipinski definition) is 0. The van der Waals surface area contributed by atoms with Crippen molar-refractivity contribution in [2.75, 3.05) is 7.05 Å². The number of hydrogen-bond acceptors (Lipinski definition) is 2. The van der Waals surface area contributed by atoms with Crippen molar-refractivity contribution in [2.24, 2.45) is 0 Å². The summed E-state index contributed by atoms with van der Waals surface area (Å²) >= 11 is 0. The van der Waals surface area contributed by atoms with E-state index in [9.17, 15) is 14.0 Å². The standard InChI is InChI=1S/C16H19FN2O2/c1-18-15(21)19(11-12-7-3-4-8-13(12)17)14(20)16(18)9-5-2-6-10-16/h3-4,7-8H,2,5-6,9-11H2,1H3. The summed E-state index contributed by atoms with van der Waals surface area (Å²) in [5.41, 5.74) is -0.318. The number of halogens is 1. The van der Waals surface area contributed by atoms with E-state index >= 15 is 0 Å². The van der Waals surface area contributed by atoms with E-state index in [4.69, 9.17) is 0 Å². The van der Waals surface area contributed by atoms with Gasteiger partial charge in [-0.2, -0.15) is 0 Å². The maximum Gasteiger partial charge on any atom is 0.327 e. The topological polar surface area (TPSA) is 40.6 Å². The Balaban J connectivity index is 1.88. The first-order valence-electron chi connectivity index (χ1n) is 7.39. The van der Waals surface area contributed by atoms with Gasteiger partial charge >= 0.3 is 6.03 Å².